The van der Waals surface area contributed by atoms with Crippen molar-refractivity contribution in [1.29, 1.82) is 0 Å². The van der Waals surface area contributed by atoms with Crippen molar-refractivity contribution >= 4 is 5.82 Å². The van der Waals surface area contributed by atoms with Crippen LogP contribution in [0.2, 0.25) is 0 Å². The number of hydrogen-bond acceptors (Lipinski definition) is 4. The number of benzene rings is 1. The molecule has 6 heteroatoms. The fourth-order valence-electron chi connectivity index (χ4n) is 1.34. The minimum atomic E-state index is -1.06. The highest BCUT2D eigenvalue weighted by Crippen LogP contribution is 2.34. The highest BCUT2D eigenvalue weighted by molar-refractivity contribution is 5.68. The molecule has 0 aliphatic carbocycles. The van der Waals surface area contributed by atoms with Crippen molar-refractivity contribution in [3.8, 4) is 17.1 Å². The zero-order chi connectivity index (χ0) is 11.7. The number of ether oxygens (including phenoxy) is 1. The van der Waals surface area contributed by atoms with Gasteiger partial charge in [-0.3, -0.25) is 0 Å². The maximum atomic E-state index is 13.6. The van der Waals surface area contributed by atoms with E-state index in [2.05, 4.69) is 5.16 Å². The fourth-order valence-corrected chi connectivity index (χ4v) is 1.34. The first-order valence-electron chi connectivity index (χ1n) is 4.38. The van der Waals surface area contributed by atoms with Gasteiger partial charge < -0.3 is 15.0 Å². The first-order valence-corrected chi connectivity index (χ1v) is 4.38. The Labute approximate surface area is 89.6 Å². The Morgan fingerprint density at radius 2 is 2.12 bits per heavy atom. The smallest absolute Gasteiger partial charge is 0.175 e. The molecule has 1 aromatic carbocycles. The molecule has 0 amide bonds. The van der Waals surface area contributed by atoms with E-state index in [1.807, 2.05) is 0 Å². The van der Waals surface area contributed by atoms with Crippen molar-refractivity contribution in [2.75, 3.05) is 12.8 Å². The zero-order valence-electron chi connectivity index (χ0n) is 8.33. The lowest BCUT2D eigenvalue weighted by atomic mass is 10.1. The summed E-state index contributed by atoms with van der Waals surface area (Å²) >= 11 is 0. The Morgan fingerprint density at radius 1 is 1.38 bits per heavy atom. The summed E-state index contributed by atoms with van der Waals surface area (Å²) in [7, 11) is 1.34. The number of aromatic nitrogens is 1. The van der Waals surface area contributed by atoms with Gasteiger partial charge in [-0.05, 0) is 12.1 Å². The lowest BCUT2D eigenvalue weighted by Crippen LogP contribution is -1.94. The standard InChI is InChI=1S/C10H8F2N2O2/c1-15-6-3-2-5(11)10(12)9(6)7-4-8(13)14-16-7/h2-4H,1H3,(H2,13,14). The lowest BCUT2D eigenvalue weighted by molar-refractivity contribution is 0.397. The van der Waals surface area contributed by atoms with Gasteiger partial charge in [-0.15, -0.1) is 0 Å². The van der Waals surface area contributed by atoms with Gasteiger partial charge in [-0.1, -0.05) is 5.16 Å². The summed E-state index contributed by atoms with van der Waals surface area (Å²) in [5, 5.41) is 3.40. The summed E-state index contributed by atoms with van der Waals surface area (Å²) in [5.74, 6) is -1.80. The first-order chi connectivity index (χ1) is 7.63. The number of rotatable bonds is 2. The molecule has 0 saturated carbocycles. The van der Waals surface area contributed by atoms with Crippen LogP contribution >= 0.6 is 0 Å². The molecule has 84 valence electrons. The van der Waals surface area contributed by atoms with Gasteiger partial charge in [-0.2, -0.15) is 0 Å². The Morgan fingerprint density at radius 3 is 2.69 bits per heavy atom. The van der Waals surface area contributed by atoms with E-state index >= 15 is 0 Å². The topological polar surface area (TPSA) is 61.3 Å². The molecular weight excluding hydrogens is 218 g/mol. The van der Waals surface area contributed by atoms with Gasteiger partial charge in [0.25, 0.3) is 0 Å². The van der Waals surface area contributed by atoms with Crippen LogP contribution in [-0.2, 0) is 0 Å². The number of nitrogens with zero attached hydrogens (tertiary/aromatic N) is 1. The van der Waals surface area contributed by atoms with Crippen LogP contribution in [0.5, 0.6) is 5.75 Å². The fraction of sp³-hybridized carbons (Fsp3) is 0.100. The molecule has 16 heavy (non-hydrogen) atoms. The van der Waals surface area contributed by atoms with E-state index in [1.165, 1.54) is 19.2 Å². The normalized spacial score (nSPS) is 10.4. The second kappa shape index (κ2) is 3.80. The molecule has 0 atom stereocenters. The van der Waals surface area contributed by atoms with Gasteiger partial charge in [0.2, 0.25) is 0 Å². The third-order valence-corrected chi connectivity index (χ3v) is 2.05. The Bertz CT molecular complexity index is 526. The third kappa shape index (κ3) is 1.58. The molecule has 2 aromatic rings. The molecule has 0 bridgehead atoms. The van der Waals surface area contributed by atoms with E-state index in [1.54, 1.807) is 0 Å². The average molecular weight is 226 g/mol. The molecular formula is C10H8F2N2O2. The summed E-state index contributed by atoms with van der Waals surface area (Å²) in [6.07, 6.45) is 0. The van der Waals surface area contributed by atoms with Gasteiger partial charge in [0.1, 0.15) is 11.3 Å². The Balaban J connectivity index is 2.66. The van der Waals surface area contributed by atoms with Crippen LogP contribution in [-0.4, -0.2) is 12.3 Å². The molecule has 0 unspecified atom stereocenters. The second-order valence-electron chi connectivity index (χ2n) is 3.05. The maximum absolute atomic E-state index is 13.6. The van der Waals surface area contributed by atoms with Crippen molar-refractivity contribution in [2.45, 2.75) is 0 Å². The molecule has 4 nitrogen and oxygen atoms in total. The predicted molar refractivity (Wildman–Crippen MR) is 52.8 cm³/mol. The van der Waals surface area contributed by atoms with E-state index in [0.717, 1.165) is 6.07 Å². The molecule has 1 aromatic heterocycles. The number of methoxy groups -OCH3 is 1. The van der Waals surface area contributed by atoms with E-state index in [0.29, 0.717) is 0 Å². The monoisotopic (exact) mass is 226 g/mol. The number of halogens is 2. The van der Waals surface area contributed by atoms with Gasteiger partial charge in [0.15, 0.2) is 23.2 Å². The van der Waals surface area contributed by atoms with Crippen LogP contribution in [0.1, 0.15) is 0 Å². The summed E-state index contributed by atoms with van der Waals surface area (Å²) < 4.78 is 36.3. The molecule has 2 rings (SSSR count). The minimum Gasteiger partial charge on any atom is -0.496 e. The van der Waals surface area contributed by atoms with Crippen molar-refractivity contribution in [3.05, 3.63) is 29.8 Å². The Hall–Kier alpha value is -2.11. The average Bonchev–Trinajstić information content (AvgIpc) is 2.68. The number of nitrogens with two attached hydrogens (primary N) is 1. The molecule has 0 radical (unpaired) electrons. The number of nitrogen functional groups attached to an aromatic ring is 1. The van der Waals surface area contributed by atoms with Crippen molar-refractivity contribution in [2.24, 2.45) is 0 Å². The molecule has 1 heterocycles. The molecule has 0 spiro atoms. The summed E-state index contributed by atoms with van der Waals surface area (Å²) in [4.78, 5) is 0. The van der Waals surface area contributed by atoms with Gasteiger partial charge in [0, 0.05) is 6.07 Å². The molecule has 2 N–H and O–H groups in total. The lowest BCUT2D eigenvalue weighted by Gasteiger charge is -2.06. The van der Waals surface area contributed by atoms with Crippen LogP contribution in [0.25, 0.3) is 11.3 Å². The SMILES string of the molecule is COc1ccc(F)c(F)c1-c1cc(N)no1. The summed E-state index contributed by atoms with van der Waals surface area (Å²) in [5.41, 5.74) is 5.20. The summed E-state index contributed by atoms with van der Waals surface area (Å²) in [6.45, 7) is 0. The zero-order valence-corrected chi connectivity index (χ0v) is 8.33. The van der Waals surface area contributed by atoms with Gasteiger partial charge in [-0.25, -0.2) is 8.78 Å². The maximum Gasteiger partial charge on any atom is 0.175 e. The van der Waals surface area contributed by atoms with E-state index in [-0.39, 0.29) is 22.9 Å². The van der Waals surface area contributed by atoms with Crippen molar-refractivity contribution in [3.63, 3.8) is 0 Å². The van der Waals surface area contributed by atoms with Gasteiger partial charge in [0.05, 0.1) is 7.11 Å². The molecule has 0 aliphatic rings. The Kier molecular flexibility index (Phi) is 2.47. The van der Waals surface area contributed by atoms with Crippen LogP contribution < -0.4 is 10.5 Å². The van der Waals surface area contributed by atoms with E-state index < -0.39 is 11.6 Å². The largest absolute Gasteiger partial charge is 0.496 e. The van der Waals surface area contributed by atoms with E-state index in [9.17, 15) is 8.78 Å². The number of anilines is 1. The first kappa shape index (κ1) is 10.4. The van der Waals surface area contributed by atoms with Gasteiger partial charge >= 0.3 is 0 Å². The van der Waals surface area contributed by atoms with Crippen LogP contribution in [0.15, 0.2) is 22.7 Å². The van der Waals surface area contributed by atoms with Crippen LogP contribution in [0.3, 0.4) is 0 Å². The minimum absolute atomic E-state index is 0.0198. The predicted octanol–water partition coefficient (Wildman–Crippen LogP) is 2.21. The summed E-state index contributed by atoms with van der Waals surface area (Å²) in [6, 6.07) is 3.56. The van der Waals surface area contributed by atoms with Crippen molar-refractivity contribution in [1.82, 2.24) is 5.16 Å². The molecule has 0 aliphatic heterocycles. The highest BCUT2D eigenvalue weighted by Gasteiger charge is 2.19. The van der Waals surface area contributed by atoms with E-state index in [4.69, 9.17) is 15.0 Å². The number of hydrogen-bond donors (Lipinski definition) is 1. The van der Waals surface area contributed by atoms with Crippen LogP contribution in [0, 0.1) is 11.6 Å². The van der Waals surface area contributed by atoms with Crippen LogP contribution in [0.4, 0.5) is 14.6 Å². The highest BCUT2D eigenvalue weighted by atomic mass is 19.2. The van der Waals surface area contributed by atoms with Crippen molar-refractivity contribution < 1.29 is 18.0 Å². The molecule has 0 saturated heterocycles. The quantitative estimate of drug-likeness (QED) is 0.852. The third-order valence-electron chi connectivity index (χ3n) is 2.05. The molecule has 0 fully saturated rings. The second-order valence-corrected chi connectivity index (χ2v) is 3.05.